The number of nitriles is 1. The summed E-state index contributed by atoms with van der Waals surface area (Å²) in [5, 5.41) is 9.07. The van der Waals surface area contributed by atoms with Crippen LogP contribution >= 0.6 is 0 Å². The Balaban J connectivity index is 1.95. The zero-order valence-corrected chi connectivity index (χ0v) is 10.9. The maximum absolute atomic E-state index is 12.2. The minimum absolute atomic E-state index is 0.101. The van der Waals surface area contributed by atoms with E-state index in [0.29, 0.717) is 5.92 Å². The first-order chi connectivity index (χ1) is 8.09. The lowest BCUT2D eigenvalue weighted by Crippen LogP contribution is -2.37. The van der Waals surface area contributed by atoms with Gasteiger partial charge in [-0.05, 0) is 43.9 Å². The summed E-state index contributed by atoms with van der Waals surface area (Å²) < 4.78 is 0. The van der Waals surface area contributed by atoms with E-state index in [9.17, 15) is 4.79 Å². The number of carbonyl (C=O) groups excluding carboxylic acids is 1. The van der Waals surface area contributed by atoms with E-state index >= 15 is 0 Å². The van der Waals surface area contributed by atoms with Crippen LogP contribution in [0.3, 0.4) is 0 Å². The van der Waals surface area contributed by atoms with Gasteiger partial charge in [-0.3, -0.25) is 4.79 Å². The van der Waals surface area contributed by atoms with Crippen LogP contribution in [0.5, 0.6) is 0 Å². The second-order valence-electron chi connectivity index (χ2n) is 5.92. The SMILES string of the molecule is CC(C)C1CCCN(C(=O)C2(C#N)CC2)CC1. The quantitative estimate of drug-likeness (QED) is 0.737. The van der Waals surface area contributed by atoms with Crippen LogP contribution in [0.15, 0.2) is 0 Å². The van der Waals surface area contributed by atoms with E-state index in [1.54, 1.807) is 0 Å². The largest absolute Gasteiger partial charge is 0.341 e. The van der Waals surface area contributed by atoms with Crippen LogP contribution in [-0.4, -0.2) is 23.9 Å². The van der Waals surface area contributed by atoms with E-state index in [1.807, 2.05) is 4.90 Å². The zero-order valence-electron chi connectivity index (χ0n) is 10.9. The van der Waals surface area contributed by atoms with Gasteiger partial charge in [0.25, 0.3) is 0 Å². The minimum Gasteiger partial charge on any atom is -0.341 e. The molecule has 1 saturated carbocycles. The smallest absolute Gasteiger partial charge is 0.243 e. The number of nitrogens with zero attached hydrogens (tertiary/aromatic N) is 2. The molecule has 0 aromatic rings. The number of hydrogen-bond donors (Lipinski definition) is 0. The normalized spacial score (nSPS) is 27.4. The highest BCUT2D eigenvalue weighted by Crippen LogP contribution is 2.46. The predicted molar refractivity (Wildman–Crippen MR) is 66.0 cm³/mol. The average Bonchev–Trinajstić information content (AvgIpc) is 3.12. The highest BCUT2D eigenvalue weighted by molar-refractivity contribution is 5.88. The fourth-order valence-corrected chi connectivity index (χ4v) is 2.79. The first-order valence-electron chi connectivity index (χ1n) is 6.80. The van der Waals surface area contributed by atoms with Crippen molar-refractivity contribution in [1.82, 2.24) is 4.90 Å². The van der Waals surface area contributed by atoms with E-state index in [1.165, 1.54) is 6.42 Å². The van der Waals surface area contributed by atoms with Crippen molar-refractivity contribution in [3.63, 3.8) is 0 Å². The van der Waals surface area contributed by atoms with Crippen molar-refractivity contribution in [3.8, 4) is 6.07 Å². The molecule has 1 saturated heterocycles. The Morgan fingerprint density at radius 3 is 2.59 bits per heavy atom. The Morgan fingerprint density at radius 2 is 2.06 bits per heavy atom. The third kappa shape index (κ3) is 2.46. The third-order valence-corrected chi connectivity index (χ3v) is 4.38. The Labute approximate surface area is 104 Å². The Hall–Kier alpha value is -1.04. The molecule has 3 nitrogen and oxygen atoms in total. The van der Waals surface area contributed by atoms with E-state index in [4.69, 9.17) is 5.26 Å². The number of hydrogen-bond acceptors (Lipinski definition) is 2. The lowest BCUT2D eigenvalue weighted by molar-refractivity contribution is -0.134. The molecule has 2 rings (SSSR count). The molecule has 1 aliphatic carbocycles. The van der Waals surface area contributed by atoms with E-state index in [-0.39, 0.29) is 5.91 Å². The highest BCUT2D eigenvalue weighted by atomic mass is 16.2. The number of amides is 1. The highest BCUT2D eigenvalue weighted by Gasteiger charge is 2.52. The van der Waals surface area contributed by atoms with Gasteiger partial charge in [-0.1, -0.05) is 13.8 Å². The van der Waals surface area contributed by atoms with Crippen LogP contribution in [0.25, 0.3) is 0 Å². The molecule has 0 N–H and O–H groups in total. The topological polar surface area (TPSA) is 44.1 Å². The Kier molecular flexibility index (Phi) is 3.42. The molecule has 17 heavy (non-hydrogen) atoms. The van der Waals surface area contributed by atoms with E-state index in [0.717, 1.165) is 44.7 Å². The van der Waals surface area contributed by atoms with Gasteiger partial charge in [-0.15, -0.1) is 0 Å². The van der Waals surface area contributed by atoms with Crippen molar-refractivity contribution >= 4 is 5.91 Å². The predicted octanol–water partition coefficient (Wildman–Crippen LogP) is 2.57. The molecular formula is C14H22N2O. The monoisotopic (exact) mass is 234 g/mol. The van der Waals surface area contributed by atoms with Crippen molar-refractivity contribution in [2.45, 2.75) is 46.0 Å². The van der Waals surface area contributed by atoms with E-state index < -0.39 is 5.41 Å². The molecule has 0 radical (unpaired) electrons. The lowest BCUT2D eigenvalue weighted by Gasteiger charge is -2.23. The van der Waals surface area contributed by atoms with Gasteiger partial charge in [-0.2, -0.15) is 5.26 Å². The molecule has 0 aromatic heterocycles. The van der Waals surface area contributed by atoms with Crippen molar-refractivity contribution in [2.75, 3.05) is 13.1 Å². The first-order valence-corrected chi connectivity index (χ1v) is 6.80. The third-order valence-electron chi connectivity index (χ3n) is 4.38. The fourth-order valence-electron chi connectivity index (χ4n) is 2.79. The van der Waals surface area contributed by atoms with Gasteiger partial charge < -0.3 is 4.90 Å². The summed E-state index contributed by atoms with van der Waals surface area (Å²) in [6, 6.07) is 2.21. The maximum atomic E-state index is 12.2. The van der Waals surface area contributed by atoms with Crippen molar-refractivity contribution in [1.29, 1.82) is 5.26 Å². The fraction of sp³-hybridized carbons (Fsp3) is 0.857. The Morgan fingerprint density at radius 1 is 1.35 bits per heavy atom. The molecule has 1 unspecified atom stereocenters. The van der Waals surface area contributed by atoms with Crippen molar-refractivity contribution < 1.29 is 4.79 Å². The first kappa shape index (κ1) is 12.4. The van der Waals surface area contributed by atoms with Crippen LogP contribution in [-0.2, 0) is 4.79 Å². The molecule has 2 fully saturated rings. The van der Waals surface area contributed by atoms with Gasteiger partial charge in [0.05, 0.1) is 6.07 Å². The summed E-state index contributed by atoms with van der Waals surface area (Å²) in [7, 11) is 0. The number of likely N-dealkylation sites (tertiary alicyclic amines) is 1. The van der Waals surface area contributed by atoms with Crippen LogP contribution in [0.2, 0.25) is 0 Å². The molecule has 1 amide bonds. The molecule has 1 atom stereocenters. The van der Waals surface area contributed by atoms with Crippen LogP contribution < -0.4 is 0 Å². The average molecular weight is 234 g/mol. The van der Waals surface area contributed by atoms with Gasteiger partial charge >= 0.3 is 0 Å². The zero-order chi connectivity index (χ0) is 12.5. The summed E-state index contributed by atoms with van der Waals surface area (Å²) in [6.45, 7) is 6.23. The standard InChI is InChI=1S/C14H22N2O/c1-11(2)12-4-3-8-16(9-5-12)13(17)14(10-15)6-7-14/h11-12H,3-9H2,1-2H3. The van der Waals surface area contributed by atoms with Crippen molar-refractivity contribution in [3.05, 3.63) is 0 Å². The second kappa shape index (κ2) is 4.68. The van der Waals surface area contributed by atoms with Crippen LogP contribution in [0.4, 0.5) is 0 Å². The molecule has 94 valence electrons. The summed E-state index contributed by atoms with van der Waals surface area (Å²) in [4.78, 5) is 14.2. The van der Waals surface area contributed by atoms with Crippen LogP contribution in [0.1, 0.15) is 46.0 Å². The molecular weight excluding hydrogens is 212 g/mol. The molecule has 0 bridgehead atoms. The second-order valence-corrected chi connectivity index (χ2v) is 5.92. The molecule has 2 aliphatic rings. The summed E-state index contributed by atoms with van der Waals surface area (Å²) >= 11 is 0. The van der Waals surface area contributed by atoms with E-state index in [2.05, 4.69) is 19.9 Å². The van der Waals surface area contributed by atoms with Crippen molar-refractivity contribution in [2.24, 2.45) is 17.3 Å². The minimum atomic E-state index is -0.627. The summed E-state index contributed by atoms with van der Waals surface area (Å²) in [5.41, 5.74) is -0.627. The maximum Gasteiger partial charge on any atom is 0.243 e. The lowest BCUT2D eigenvalue weighted by atomic mass is 9.89. The molecule has 1 aliphatic heterocycles. The molecule has 1 heterocycles. The van der Waals surface area contributed by atoms with Gasteiger partial charge in [-0.25, -0.2) is 0 Å². The molecule has 0 spiro atoms. The number of carbonyl (C=O) groups is 1. The van der Waals surface area contributed by atoms with Crippen LogP contribution in [0, 0.1) is 28.6 Å². The van der Waals surface area contributed by atoms with Gasteiger partial charge in [0.15, 0.2) is 0 Å². The molecule has 0 aromatic carbocycles. The van der Waals surface area contributed by atoms with Gasteiger partial charge in [0, 0.05) is 13.1 Å². The van der Waals surface area contributed by atoms with Gasteiger partial charge in [0.1, 0.15) is 5.41 Å². The number of rotatable bonds is 2. The van der Waals surface area contributed by atoms with Gasteiger partial charge in [0.2, 0.25) is 5.91 Å². The summed E-state index contributed by atoms with van der Waals surface area (Å²) in [5.74, 6) is 1.55. The summed E-state index contributed by atoms with van der Waals surface area (Å²) in [6.07, 6.45) is 4.96. The Bertz CT molecular complexity index is 339. The molecule has 3 heteroatoms.